The summed E-state index contributed by atoms with van der Waals surface area (Å²) in [6.07, 6.45) is 2.83. The molecular weight excluding hydrogens is 198 g/mol. The smallest absolute Gasteiger partial charge is 0.0926 e. The molecule has 3 heteroatoms. The summed E-state index contributed by atoms with van der Waals surface area (Å²) in [6, 6.07) is 8.90. The zero-order chi connectivity index (χ0) is 11.0. The number of rotatable bonds is 1. The van der Waals surface area contributed by atoms with Crippen molar-refractivity contribution in [3.63, 3.8) is 0 Å². The van der Waals surface area contributed by atoms with Gasteiger partial charge in [-0.2, -0.15) is 0 Å². The van der Waals surface area contributed by atoms with Crippen LogP contribution in [0.2, 0.25) is 0 Å². The van der Waals surface area contributed by atoms with Crippen molar-refractivity contribution < 1.29 is 0 Å². The highest BCUT2D eigenvalue weighted by Crippen LogP contribution is 2.26. The van der Waals surface area contributed by atoms with E-state index in [-0.39, 0.29) is 6.04 Å². The van der Waals surface area contributed by atoms with Crippen molar-refractivity contribution in [3.05, 3.63) is 53.1 Å². The average molecular weight is 213 g/mol. The Morgan fingerprint density at radius 2 is 2.06 bits per heavy atom. The second kappa shape index (κ2) is 3.76. The molecule has 1 atom stereocenters. The van der Waals surface area contributed by atoms with Crippen LogP contribution in [0.15, 0.2) is 30.6 Å². The van der Waals surface area contributed by atoms with Crippen LogP contribution < -0.4 is 5.32 Å². The molecule has 1 aliphatic rings. The third-order valence-corrected chi connectivity index (χ3v) is 3.16. The van der Waals surface area contributed by atoms with Crippen molar-refractivity contribution in [1.82, 2.24) is 15.3 Å². The highest BCUT2D eigenvalue weighted by molar-refractivity contribution is 5.33. The van der Waals surface area contributed by atoms with Crippen LogP contribution in [0.25, 0.3) is 0 Å². The Hall–Kier alpha value is -1.61. The molecule has 0 saturated carbocycles. The Morgan fingerprint density at radius 3 is 2.88 bits per heavy atom. The number of aromatic nitrogens is 2. The molecule has 0 radical (unpaired) electrons. The Balaban J connectivity index is 2.00. The lowest BCUT2D eigenvalue weighted by atomic mass is 9.97. The fraction of sp³-hybridized carbons (Fsp3) is 0.308. The van der Waals surface area contributed by atoms with Gasteiger partial charge in [0.15, 0.2) is 0 Å². The van der Waals surface area contributed by atoms with Crippen molar-refractivity contribution in [1.29, 1.82) is 0 Å². The van der Waals surface area contributed by atoms with Crippen LogP contribution in [0.5, 0.6) is 0 Å². The van der Waals surface area contributed by atoms with Gasteiger partial charge in [0.05, 0.1) is 18.1 Å². The standard InChI is InChI=1S/C13H15N3/c1-9-2-4-10(5-3-9)12-13-11(6-7-14-12)15-8-16-13/h2-5,8,12,14H,6-7H2,1H3,(H,15,16)/t12-/m0/s1. The van der Waals surface area contributed by atoms with E-state index < -0.39 is 0 Å². The molecule has 1 aliphatic heterocycles. The number of hydrogen-bond acceptors (Lipinski definition) is 2. The molecule has 0 spiro atoms. The van der Waals surface area contributed by atoms with E-state index >= 15 is 0 Å². The van der Waals surface area contributed by atoms with Crippen LogP contribution in [0.1, 0.15) is 28.6 Å². The van der Waals surface area contributed by atoms with Crippen LogP contribution in [-0.4, -0.2) is 16.5 Å². The molecule has 16 heavy (non-hydrogen) atoms. The average Bonchev–Trinajstić information content (AvgIpc) is 2.78. The lowest BCUT2D eigenvalue weighted by molar-refractivity contribution is 0.553. The van der Waals surface area contributed by atoms with Gasteiger partial charge in [-0.25, -0.2) is 4.98 Å². The number of nitrogens with one attached hydrogen (secondary N) is 2. The molecule has 0 amide bonds. The highest BCUT2D eigenvalue weighted by atomic mass is 15.0. The minimum absolute atomic E-state index is 0.246. The summed E-state index contributed by atoms with van der Waals surface area (Å²) >= 11 is 0. The quantitative estimate of drug-likeness (QED) is 0.760. The first kappa shape index (κ1) is 9.60. The van der Waals surface area contributed by atoms with Gasteiger partial charge in [-0.3, -0.25) is 0 Å². The molecule has 82 valence electrons. The van der Waals surface area contributed by atoms with E-state index in [1.54, 1.807) is 6.33 Å². The van der Waals surface area contributed by atoms with E-state index in [1.165, 1.54) is 16.8 Å². The number of aryl methyl sites for hydroxylation is 1. The van der Waals surface area contributed by atoms with E-state index in [9.17, 15) is 0 Å². The maximum absolute atomic E-state index is 4.42. The Morgan fingerprint density at radius 1 is 1.25 bits per heavy atom. The van der Waals surface area contributed by atoms with Crippen LogP contribution >= 0.6 is 0 Å². The predicted molar refractivity (Wildman–Crippen MR) is 63.3 cm³/mol. The fourth-order valence-electron chi connectivity index (χ4n) is 2.25. The molecule has 0 saturated heterocycles. The predicted octanol–water partition coefficient (Wildman–Crippen LogP) is 1.95. The molecule has 2 aromatic rings. The largest absolute Gasteiger partial charge is 0.348 e. The van der Waals surface area contributed by atoms with Gasteiger partial charge in [0, 0.05) is 18.7 Å². The number of nitrogens with zero attached hydrogens (tertiary/aromatic N) is 1. The van der Waals surface area contributed by atoms with Crippen molar-refractivity contribution >= 4 is 0 Å². The van der Waals surface area contributed by atoms with Crippen molar-refractivity contribution in [3.8, 4) is 0 Å². The molecule has 0 fully saturated rings. The van der Waals surface area contributed by atoms with Gasteiger partial charge in [0.25, 0.3) is 0 Å². The lowest BCUT2D eigenvalue weighted by Crippen LogP contribution is -2.30. The molecule has 2 heterocycles. The molecule has 0 aliphatic carbocycles. The van der Waals surface area contributed by atoms with Crippen LogP contribution in [0.3, 0.4) is 0 Å². The summed E-state index contributed by atoms with van der Waals surface area (Å²) in [5, 5.41) is 3.51. The topological polar surface area (TPSA) is 40.7 Å². The molecule has 2 N–H and O–H groups in total. The van der Waals surface area contributed by atoms with Crippen molar-refractivity contribution in [2.24, 2.45) is 0 Å². The van der Waals surface area contributed by atoms with Gasteiger partial charge in [-0.15, -0.1) is 0 Å². The van der Waals surface area contributed by atoms with Crippen molar-refractivity contribution in [2.75, 3.05) is 6.54 Å². The zero-order valence-electron chi connectivity index (χ0n) is 9.33. The fourth-order valence-corrected chi connectivity index (χ4v) is 2.25. The van der Waals surface area contributed by atoms with Gasteiger partial charge in [0.1, 0.15) is 0 Å². The molecule has 0 unspecified atom stereocenters. The van der Waals surface area contributed by atoms with Gasteiger partial charge >= 0.3 is 0 Å². The van der Waals surface area contributed by atoms with Gasteiger partial charge in [-0.1, -0.05) is 29.8 Å². The summed E-state index contributed by atoms with van der Waals surface area (Å²) < 4.78 is 0. The SMILES string of the molecule is Cc1ccc([C@@H]2NCCc3[nH]cnc32)cc1. The second-order valence-corrected chi connectivity index (χ2v) is 4.31. The molecule has 3 nitrogen and oxygen atoms in total. The Kier molecular flexibility index (Phi) is 2.26. The van der Waals surface area contributed by atoms with E-state index in [2.05, 4.69) is 46.5 Å². The minimum Gasteiger partial charge on any atom is -0.348 e. The molecule has 1 aromatic carbocycles. The maximum Gasteiger partial charge on any atom is 0.0926 e. The summed E-state index contributed by atoms with van der Waals surface area (Å²) in [6.45, 7) is 3.12. The zero-order valence-corrected chi connectivity index (χ0v) is 9.33. The van der Waals surface area contributed by atoms with Crippen LogP contribution in [0, 0.1) is 6.92 Å². The molecule has 3 rings (SSSR count). The number of benzene rings is 1. The van der Waals surface area contributed by atoms with Crippen LogP contribution in [-0.2, 0) is 6.42 Å². The molecular formula is C13H15N3. The van der Waals surface area contributed by atoms with E-state index in [0.29, 0.717) is 0 Å². The third-order valence-electron chi connectivity index (χ3n) is 3.16. The van der Waals surface area contributed by atoms with Gasteiger partial charge in [0.2, 0.25) is 0 Å². The summed E-state index contributed by atoms with van der Waals surface area (Å²) in [5.74, 6) is 0. The maximum atomic E-state index is 4.42. The number of aromatic amines is 1. The number of H-pyrrole nitrogens is 1. The molecule has 1 aromatic heterocycles. The van der Waals surface area contributed by atoms with Crippen molar-refractivity contribution in [2.45, 2.75) is 19.4 Å². The Labute approximate surface area is 94.9 Å². The minimum atomic E-state index is 0.246. The lowest BCUT2D eigenvalue weighted by Gasteiger charge is -2.23. The van der Waals surface area contributed by atoms with Gasteiger partial charge in [-0.05, 0) is 12.5 Å². The third kappa shape index (κ3) is 1.53. The highest BCUT2D eigenvalue weighted by Gasteiger charge is 2.23. The van der Waals surface area contributed by atoms with E-state index in [1.807, 2.05) is 0 Å². The summed E-state index contributed by atoms with van der Waals surface area (Å²) in [7, 11) is 0. The second-order valence-electron chi connectivity index (χ2n) is 4.31. The van der Waals surface area contributed by atoms with E-state index in [0.717, 1.165) is 18.7 Å². The molecule has 0 bridgehead atoms. The van der Waals surface area contributed by atoms with Gasteiger partial charge < -0.3 is 10.3 Å². The first-order valence-corrected chi connectivity index (χ1v) is 5.66. The van der Waals surface area contributed by atoms with E-state index in [4.69, 9.17) is 0 Å². The number of fused-ring (bicyclic) bond motifs is 1. The summed E-state index contributed by atoms with van der Waals surface area (Å²) in [5.41, 5.74) is 5.00. The normalized spacial score (nSPS) is 19.4. The Bertz CT molecular complexity index is 484. The van der Waals surface area contributed by atoms with Crippen LogP contribution in [0.4, 0.5) is 0 Å². The first-order valence-electron chi connectivity index (χ1n) is 5.66. The monoisotopic (exact) mass is 213 g/mol. The summed E-state index contributed by atoms with van der Waals surface area (Å²) in [4.78, 5) is 7.64. The number of imidazole rings is 1. The number of hydrogen-bond donors (Lipinski definition) is 2. The first-order chi connectivity index (χ1) is 7.84.